The molecular formula is C22H25N5O2. The molecule has 1 aromatic heterocycles. The molecule has 7 heteroatoms. The number of hydrogen-bond acceptors (Lipinski definition) is 5. The summed E-state index contributed by atoms with van der Waals surface area (Å²) in [4.78, 5) is 19.1. The van der Waals surface area contributed by atoms with E-state index in [4.69, 9.17) is 4.74 Å². The summed E-state index contributed by atoms with van der Waals surface area (Å²) < 4.78 is 5.97. The first-order valence-electron chi connectivity index (χ1n) is 9.88. The lowest BCUT2D eigenvalue weighted by Gasteiger charge is -2.31. The number of aryl methyl sites for hydroxylation is 1. The average Bonchev–Trinajstić information content (AvgIpc) is 3.26. The van der Waals surface area contributed by atoms with E-state index in [-0.39, 0.29) is 11.8 Å². The number of nitrogens with zero attached hydrogens (tertiary/aromatic N) is 3. The van der Waals surface area contributed by atoms with Gasteiger partial charge in [0.25, 0.3) is 0 Å². The second-order valence-corrected chi connectivity index (χ2v) is 7.40. The number of rotatable bonds is 6. The van der Waals surface area contributed by atoms with Crippen LogP contribution in [0.25, 0.3) is 0 Å². The smallest absolute Gasteiger partial charge is 0.238 e. The van der Waals surface area contributed by atoms with Crippen molar-refractivity contribution >= 4 is 11.6 Å². The molecule has 0 unspecified atom stereocenters. The van der Waals surface area contributed by atoms with Crippen molar-refractivity contribution in [3.63, 3.8) is 0 Å². The van der Waals surface area contributed by atoms with E-state index in [1.165, 1.54) is 11.9 Å². The van der Waals surface area contributed by atoms with E-state index in [9.17, 15) is 4.79 Å². The van der Waals surface area contributed by atoms with Crippen LogP contribution < -0.4 is 10.1 Å². The Balaban J connectivity index is 1.37. The predicted octanol–water partition coefficient (Wildman–Crippen LogP) is 3.72. The van der Waals surface area contributed by atoms with Crippen molar-refractivity contribution in [2.45, 2.75) is 25.7 Å². The van der Waals surface area contributed by atoms with E-state index in [1.54, 1.807) is 0 Å². The zero-order valence-electron chi connectivity index (χ0n) is 16.5. The summed E-state index contributed by atoms with van der Waals surface area (Å²) >= 11 is 0. The summed E-state index contributed by atoms with van der Waals surface area (Å²) in [5, 5.41) is 9.89. The molecule has 1 saturated heterocycles. The molecule has 4 rings (SSSR count). The molecular weight excluding hydrogens is 366 g/mol. The number of aromatic amines is 1. The number of carbonyl (C=O) groups is 1. The molecule has 0 radical (unpaired) electrons. The number of H-pyrrole nitrogens is 1. The van der Waals surface area contributed by atoms with Gasteiger partial charge in [-0.15, -0.1) is 0 Å². The molecule has 0 saturated carbocycles. The van der Waals surface area contributed by atoms with Crippen molar-refractivity contribution in [2.75, 3.05) is 25.0 Å². The van der Waals surface area contributed by atoms with Gasteiger partial charge in [0.1, 0.15) is 17.9 Å². The standard InChI is InChI=1S/C22H25N5O2/c1-16-8-10-18(11-9-16)29-20-7-3-2-6-19(20)25-21(28)14-27-12-4-5-17(13-27)22-23-15-24-26-22/h2-3,6-11,15,17H,4-5,12-14H2,1H3,(H,25,28)(H,23,24,26)/t17-/m1/s1. The van der Waals surface area contributed by atoms with E-state index in [2.05, 4.69) is 25.4 Å². The molecule has 1 aliphatic heterocycles. The van der Waals surface area contributed by atoms with Gasteiger partial charge >= 0.3 is 0 Å². The van der Waals surface area contributed by atoms with Crippen molar-refractivity contribution < 1.29 is 9.53 Å². The number of amides is 1. The number of anilines is 1. The van der Waals surface area contributed by atoms with Gasteiger partial charge in [0.15, 0.2) is 5.75 Å². The summed E-state index contributed by atoms with van der Waals surface area (Å²) in [5.41, 5.74) is 1.84. The lowest BCUT2D eigenvalue weighted by Crippen LogP contribution is -2.40. The predicted molar refractivity (Wildman–Crippen MR) is 111 cm³/mol. The molecule has 1 fully saturated rings. The summed E-state index contributed by atoms with van der Waals surface area (Å²) in [6.45, 7) is 4.07. The Morgan fingerprint density at radius 2 is 2.07 bits per heavy atom. The number of carbonyl (C=O) groups excluding carboxylic acids is 1. The number of ether oxygens (including phenoxy) is 1. The van der Waals surface area contributed by atoms with Crippen LogP contribution in [0.1, 0.15) is 30.1 Å². The van der Waals surface area contributed by atoms with E-state index in [1.807, 2.05) is 55.5 Å². The Morgan fingerprint density at radius 3 is 2.86 bits per heavy atom. The zero-order valence-corrected chi connectivity index (χ0v) is 16.5. The van der Waals surface area contributed by atoms with Gasteiger partial charge < -0.3 is 10.1 Å². The largest absolute Gasteiger partial charge is 0.455 e. The van der Waals surface area contributed by atoms with Gasteiger partial charge in [-0.3, -0.25) is 14.8 Å². The molecule has 3 aromatic rings. The van der Waals surface area contributed by atoms with Crippen LogP contribution in [0.3, 0.4) is 0 Å². The van der Waals surface area contributed by atoms with Gasteiger partial charge in [0.2, 0.25) is 5.91 Å². The molecule has 0 bridgehead atoms. The highest BCUT2D eigenvalue weighted by Crippen LogP contribution is 2.29. The Morgan fingerprint density at radius 1 is 1.24 bits per heavy atom. The van der Waals surface area contributed by atoms with Crippen LogP contribution in [0.15, 0.2) is 54.9 Å². The Bertz CT molecular complexity index is 940. The number of benzene rings is 2. The highest BCUT2D eigenvalue weighted by molar-refractivity contribution is 5.93. The quantitative estimate of drug-likeness (QED) is 0.669. The summed E-state index contributed by atoms with van der Waals surface area (Å²) in [6, 6.07) is 15.3. The minimum absolute atomic E-state index is 0.0526. The van der Waals surface area contributed by atoms with Crippen LogP contribution >= 0.6 is 0 Å². The van der Waals surface area contributed by atoms with E-state index in [0.29, 0.717) is 18.0 Å². The topological polar surface area (TPSA) is 83.1 Å². The van der Waals surface area contributed by atoms with Crippen molar-refractivity contribution in [1.82, 2.24) is 20.1 Å². The third-order valence-electron chi connectivity index (χ3n) is 5.10. The molecule has 0 spiro atoms. The lowest BCUT2D eigenvalue weighted by atomic mass is 9.97. The minimum atomic E-state index is -0.0526. The van der Waals surface area contributed by atoms with Gasteiger partial charge in [0.05, 0.1) is 12.2 Å². The van der Waals surface area contributed by atoms with Gasteiger partial charge in [-0.25, -0.2) is 4.98 Å². The van der Waals surface area contributed by atoms with Crippen LogP contribution in [-0.4, -0.2) is 45.6 Å². The molecule has 1 amide bonds. The normalized spacial score (nSPS) is 17.1. The molecule has 29 heavy (non-hydrogen) atoms. The second kappa shape index (κ2) is 8.87. The van der Waals surface area contributed by atoms with Crippen molar-refractivity contribution in [1.29, 1.82) is 0 Å². The number of likely N-dealkylation sites (tertiary alicyclic amines) is 1. The van der Waals surface area contributed by atoms with Gasteiger partial charge in [-0.1, -0.05) is 29.8 Å². The molecule has 1 atom stereocenters. The first kappa shape index (κ1) is 19.1. The summed E-state index contributed by atoms with van der Waals surface area (Å²) in [5.74, 6) is 2.50. The molecule has 150 valence electrons. The second-order valence-electron chi connectivity index (χ2n) is 7.40. The summed E-state index contributed by atoms with van der Waals surface area (Å²) in [6.07, 6.45) is 3.62. The Kier molecular flexibility index (Phi) is 5.86. The lowest BCUT2D eigenvalue weighted by molar-refractivity contribution is -0.117. The highest BCUT2D eigenvalue weighted by atomic mass is 16.5. The number of para-hydroxylation sites is 2. The van der Waals surface area contributed by atoms with E-state index in [0.717, 1.165) is 37.5 Å². The van der Waals surface area contributed by atoms with Gasteiger partial charge in [-0.2, -0.15) is 5.10 Å². The molecule has 0 aliphatic carbocycles. The maximum absolute atomic E-state index is 12.7. The molecule has 2 heterocycles. The van der Waals surface area contributed by atoms with Crippen LogP contribution in [0.5, 0.6) is 11.5 Å². The zero-order chi connectivity index (χ0) is 20.1. The van der Waals surface area contributed by atoms with Crippen molar-refractivity contribution in [3.8, 4) is 11.5 Å². The number of nitrogens with one attached hydrogen (secondary N) is 2. The SMILES string of the molecule is Cc1ccc(Oc2ccccc2NC(=O)CN2CCC[C@@H](c3ncn[nH]3)C2)cc1. The fourth-order valence-corrected chi connectivity index (χ4v) is 3.62. The number of piperidine rings is 1. The molecule has 7 nitrogen and oxygen atoms in total. The van der Waals surface area contributed by atoms with Crippen molar-refractivity contribution in [3.05, 3.63) is 66.2 Å². The number of aromatic nitrogens is 3. The molecule has 1 aliphatic rings. The Labute approximate surface area is 170 Å². The van der Waals surface area contributed by atoms with Crippen LogP contribution in [0.2, 0.25) is 0 Å². The monoisotopic (exact) mass is 391 g/mol. The van der Waals surface area contributed by atoms with Crippen LogP contribution in [0, 0.1) is 6.92 Å². The highest BCUT2D eigenvalue weighted by Gasteiger charge is 2.24. The first-order chi connectivity index (χ1) is 14.2. The number of hydrogen-bond donors (Lipinski definition) is 2. The van der Waals surface area contributed by atoms with Crippen molar-refractivity contribution in [2.24, 2.45) is 0 Å². The van der Waals surface area contributed by atoms with Crippen LogP contribution in [-0.2, 0) is 4.79 Å². The van der Waals surface area contributed by atoms with Gasteiger partial charge in [-0.05, 0) is 50.6 Å². The van der Waals surface area contributed by atoms with Crippen LogP contribution in [0.4, 0.5) is 5.69 Å². The van der Waals surface area contributed by atoms with E-state index >= 15 is 0 Å². The third kappa shape index (κ3) is 5.00. The minimum Gasteiger partial charge on any atom is -0.455 e. The fraction of sp³-hybridized carbons (Fsp3) is 0.318. The molecule has 2 N–H and O–H groups in total. The molecule has 2 aromatic carbocycles. The maximum Gasteiger partial charge on any atom is 0.238 e. The van der Waals surface area contributed by atoms with E-state index < -0.39 is 0 Å². The van der Waals surface area contributed by atoms with Gasteiger partial charge in [0, 0.05) is 12.5 Å². The maximum atomic E-state index is 12.7. The third-order valence-corrected chi connectivity index (χ3v) is 5.10. The first-order valence-corrected chi connectivity index (χ1v) is 9.88. The average molecular weight is 391 g/mol. The Hall–Kier alpha value is -3.19. The fourth-order valence-electron chi connectivity index (χ4n) is 3.62. The summed E-state index contributed by atoms with van der Waals surface area (Å²) in [7, 11) is 0.